The molecular weight excluding hydrogens is 202 g/mol. The smallest absolute Gasteiger partial charge is 0.188 e. The third kappa shape index (κ3) is 3.56. The summed E-state index contributed by atoms with van der Waals surface area (Å²) in [5.41, 5.74) is 0. The highest BCUT2D eigenvalue weighted by atomic mass is 15.6. The zero-order chi connectivity index (χ0) is 11.2. The maximum Gasteiger partial charge on any atom is 0.188 e. The number of tetrazole rings is 1. The Morgan fingerprint density at radius 2 is 2.19 bits per heavy atom. The van der Waals surface area contributed by atoms with Gasteiger partial charge in [0.1, 0.15) is 0 Å². The summed E-state index contributed by atoms with van der Waals surface area (Å²) in [4.78, 5) is 1.50. The van der Waals surface area contributed by atoms with Crippen molar-refractivity contribution in [3.05, 3.63) is 5.82 Å². The SMILES string of the molecule is Cn1nnc(CNCCCC2CCCC2)n1. The van der Waals surface area contributed by atoms with Crippen LogP contribution < -0.4 is 5.32 Å². The molecule has 0 bridgehead atoms. The summed E-state index contributed by atoms with van der Waals surface area (Å²) in [5.74, 6) is 1.78. The Hall–Kier alpha value is -0.970. The fourth-order valence-electron chi connectivity index (χ4n) is 2.41. The third-order valence-corrected chi connectivity index (χ3v) is 3.27. The quantitative estimate of drug-likeness (QED) is 0.738. The van der Waals surface area contributed by atoms with Crippen LogP contribution in [0.2, 0.25) is 0 Å². The van der Waals surface area contributed by atoms with Gasteiger partial charge in [0.2, 0.25) is 0 Å². The van der Waals surface area contributed by atoms with Gasteiger partial charge in [-0.2, -0.15) is 4.80 Å². The molecule has 0 aromatic carbocycles. The van der Waals surface area contributed by atoms with E-state index < -0.39 is 0 Å². The molecule has 16 heavy (non-hydrogen) atoms. The molecule has 1 heterocycles. The maximum absolute atomic E-state index is 4.12. The van der Waals surface area contributed by atoms with Crippen molar-refractivity contribution >= 4 is 0 Å². The van der Waals surface area contributed by atoms with Gasteiger partial charge in [-0.15, -0.1) is 10.2 Å². The lowest BCUT2D eigenvalue weighted by Gasteiger charge is -2.08. The molecule has 1 fully saturated rings. The van der Waals surface area contributed by atoms with Gasteiger partial charge in [-0.3, -0.25) is 0 Å². The fourth-order valence-corrected chi connectivity index (χ4v) is 2.41. The molecule has 2 rings (SSSR count). The Balaban J connectivity index is 1.51. The van der Waals surface area contributed by atoms with E-state index in [4.69, 9.17) is 0 Å². The summed E-state index contributed by atoms with van der Waals surface area (Å²) in [6, 6.07) is 0. The highest BCUT2D eigenvalue weighted by molar-refractivity contribution is 4.75. The zero-order valence-corrected chi connectivity index (χ0v) is 10.0. The van der Waals surface area contributed by atoms with Crippen LogP contribution in [0.15, 0.2) is 0 Å². The topological polar surface area (TPSA) is 55.6 Å². The summed E-state index contributed by atoms with van der Waals surface area (Å²) in [6.45, 7) is 1.80. The lowest BCUT2D eigenvalue weighted by molar-refractivity contribution is 0.468. The van der Waals surface area contributed by atoms with Crippen LogP contribution >= 0.6 is 0 Å². The molecule has 1 N–H and O–H groups in total. The van der Waals surface area contributed by atoms with Crippen molar-refractivity contribution in [3.8, 4) is 0 Å². The first kappa shape index (κ1) is 11.5. The van der Waals surface area contributed by atoms with Crippen LogP contribution in [0.25, 0.3) is 0 Å². The molecule has 0 saturated heterocycles. The second-order valence-corrected chi connectivity index (χ2v) is 4.66. The van der Waals surface area contributed by atoms with Crippen molar-refractivity contribution in [3.63, 3.8) is 0 Å². The summed E-state index contributed by atoms with van der Waals surface area (Å²) in [7, 11) is 1.79. The Bertz CT molecular complexity index is 303. The van der Waals surface area contributed by atoms with E-state index in [1.165, 1.54) is 43.3 Å². The molecule has 0 atom stereocenters. The highest BCUT2D eigenvalue weighted by Crippen LogP contribution is 2.28. The molecule has 5 nitrogen and oxygen atoms in total. The number of rotatable bonds is 6. The summed E-state index contributed by atoms with van der Waals surface area (Å²) in [5, 5.41) is 15.2. The standard InChI is InChI=1S/C11H21N5/c1-16-14-11(13-15-16)9-12-8-4-7-10-5-2-3-6-10/h10,12H,2-9H2,1H3. The third-order valence-electron chi connectivity index (χ3n) is 3.27. The number of aryl methyl sites for hydroxylation is 1. The molecule has 0 spiro atoms. The number of hydrogen-bond acceptors (Lipinski definition) is 4. The molecule has 1 aliphatic rings. The van der Waals surface area contributed by atoms with E-state index in [1.807, 2.05) is 0 Å². The molecule has 0 aliphatic heterocycles. The summed E-state index contributed by atoms with van der Waals surface area (Å²) < 4.78 is 0. The average molecular weight is 223 g/mol. The Labute approximate surface area is 96.6 Å². The van der Waals surface area contributed by atoms with E-state index in [-0.39, 0.29) is 0 Å². The van der Waals surface area contributed by atoms with Gasteiger partial charge < -0.3 is 5.32 Å². The number of nitrogens with one attached hydrogen (secondary N) is 1. The molecule has 1 saturated carbocycles. The van der Waals surface area contributed by atoms with Gasteiger partial charge in [-0.25, -0.2) is 0 Å². The molecular formula is C11H21N5. The second-order valence-electron chi connectivity index (χ2n) is 4.66. The molecule has 1 aliphatic carbocycles. The second kappa shape index (κ2) is 5.94. The van der Waals surface area contributed by atoms with E-state index in [2.05, 4.69) is 20.7 Å². The van der Waals surface area contributed by atoms with Gasteiger partial charge in [-0.05, 0) is 30.5 Å². The van der Waals surface area contributed by atoms with Crippen LogP contribution in [0.1, 0.15) is 44.3 Å². The van der Waals surface area contributed by atoms with Gasteiger partial charge in [-0.1, -0.05) is 25.7 Å². The average Bonchev–Trinajstić information content (AvgIpc) is 2.89. The van der Waals surface area contributed by atoms with Gasteiger partial charge in [0.15, 0.2) is 5.82 Å². The lowest BCUT2D eigenvalue weighted by Crippen LogP contribution is -2.16. The van der Waals surface area contributed by atoms with E-state index in [0.29, 0.717) is 0 Å². The molecule has 1 aromatic rings. The molecule has 90 valence electrons. The normalized spacial score (nSPS) is 17.1. The molecule has 1 aromatic heterocycles. The number of hydrogen-bond donors (Lipinski definition) is 1. The minimum atomic E-state index is 0.735. The predicted molar refractivity (Wildman–Crippen MR) is 61.7 cm³/mol. The van der Waals surface area contributed by atoms with Crippen LogP contribution in [-0.4, -0.2) is 26.8 Å². The van der Waals surface area contributed by atoms with E-state index >= 15 is 0 Å². The first-order chi connectivity index (χ1) is 7.84. The van der Waals surface area contributed by atoms with E-state index in [1.54, 1.807) is 7.05 Å². The highest BCUT2D eigenvalue weighted by Gasteiger charge is 2.13. The molecule has 5 heteroatoms. The molecule has 0 unspecified atom stereocenters. The van der Waals surface area contributed by atoms with Crippen LogP contribution in [-0.2, 0) is 13.6 Å². The van der Waals surface area contributed by atoms with Crippen molar-refractivity contribution in [1.29, 1.82) is 0 Å². The van der Waals surface area contributed by atoms with E-state index in [9.17, 15) is 0 Å². The van der Waals surface area contributed by atoms with Crippen molar-refractivity contribution in [2.45, 2.75) is 45.1 Å². The fraction of sp³-hybridized carbons (Fsp3) is 0.909. The first-order valence-electron chi connectivity index (χ1n) is 6.28. The van der Waals surface area contributed by atoms with Crippen LogP contribution in [0.5, 0.6) is 0 Å². The lowest BCUT2D eigenvalue weighted by atomic mass is 10.0. The monoisotopic (exact) mass is 223 g/mol. The zero-order valence-electron chi connectivity index (χ0n) is 10.0. The molecule has 0 radical (unpaired) electrons. The van der Waals surface area contributed by atoms with Crippen LogP contribution in [0.4, 0.5) is 0 Å². The number of nitrogens with zero attached hydrogens (tertiary/aromatic N) is 4. The van der Waals surface area contributed by atoms with Gasteiger partial charge >= 0.3 is 0 Å². The van der Waals surface area contributed by atoms with Crippen molar-refractivity contribution in [2.75, 3.05) is 6.54 Å². The summed E-state index contributed by atoms with van der Waals surface area (Å²) in [6.07, 6.45) is 8.44. The first-order valence-corrected chi connectivity index (χ1v) is 6.28. The Morgan fingerprint density at radius 1 is 1.38 bits per heavy atom. The maximum atomic E-state index is 4.12. The van der Waals surface area contributed by atoms with Crippen molar-refractivity contribution in [1.82, 2.24) is 25.5 Å². The van der Waals surface area contributed by atoms with Crippen molar-refractivity contribution in [2.24, 2.45) is 13.0 Å². The van der Waals surface area contributed by atoms with Crippen LogP contribution in [0.3, 0.4) is 0 Å². The van der Waals surface area contributed by atoms with Crippen LogP contribution in [0, 0.1) is 5.92 Å². The van der Waals surface area contributed by atoms with E-state index in [0.717, 1.165) is 24.8 Å². The predicted octanol–water partition coefficient (Wildman–Crippen LogP) is 1.27. The van der Waals surface area contributed by atoms with Gasteiger partial charge in [0, 0.05) is 0 Å². The van der Waals surface area contributed by atoms with Gasteiger partial charge in [0.25, 0.3) is 0 Å². The Kier molecular flexibility index (Phi) is 4.27. The van der Waals surface area contributed by atoms with Gasteiger partial charge in [0.05, 0.1) is 13.6 Å². The number of aromatic nitrogens is 4. The minimum absolute atomic E-state index is 0.735. The summed E-state index contributed by atoms with van der Waals surface area (Å²) >= 11 is 0. The largest absolute Gasteiger partial charge is 0.310 e. The van der Waals surface area contributed by atoms with Crippen molar-refractivity contribution < 1.29 is 0 Å². The molecule has 0 amide bonds. The Morgan fingerprint density at radius 3 is 2.88 bits per heavy atom. The minimum Gasteiger partial charge on any atom is -0.310 e.